The molecule has 0 saturated carbocycles. The number of anilines is 1. The second kappa shape index (κ2) is 6.11. The molecule has 1 aromatic heterocycles. The van der Waals surface area contributed by atoms with E-state index in [0.29, 0.717) is 0 Å². The van der Waals surface area contributed by atoms with Crippen LogP contribution < -0.4 is 11.1 Å². The van der Waals surface area contributed by atoms with Gasteiger partial charge in [0.05, 0.1) is 16.9 Å². The molecule has 0 aromatic carbocycles. The molecule has 0 radical (unpaired) electrons. The Morgan fingerprint density at radius 1 is 1.38 bits per heavy atom. The number of thioether (sulfide) groups is 1. The van der Waals surface area contributed by atoms with Gasteiger partial charge < -0.3 is 11.1 Å². The Morgan fingerprint density at radius 3 is 2.88 bits per heavy atom. The fraction of sp³-hybridized carbons (Fsp3) is 0.583. The Kier molecular flexibility index (Phi) is 4.48. The van der Waals surface area contributed by atoms with E-state index >= 15 is 0 Å². The van der Waals surface area contributed by atoms with Crippen LogP contribution in [-0.2, 0) is 0 Å². The van der Waals surface area contributed by atoms with Crippen LogP contribution >= 0.6 is 11.8 Å². The first-order chi connectivity index (χ1) is 7.84. The van der Waals surface area contributed by atoms with Gasteiger partial charge in [-0.15, -0.1) is 11.8 Å². The van der Waals surface area contributed by atoms with E-state index in [0.717, 1.165) is 16.6 Å². The zero-order valence-corrected chi connectivity index (χ0v) is 10.3. The molecule has 3 nitrogen and oxygen atoms in total. The molecule has 3 N–H and O–H groups in total. The minimum Gasteiger partial charge on any atom is -0.397 e. The second-order valence-electron chi connectivity index (χ2n) is 4.26. The van der Waals surface area contributed by atoms with Crippen molar-refractivity contribution in [3.05, 3.63) is 18.3 Å². The normalized spacial score (nSPS) is 17.5. The summed E-state index contributed by atoms with van der Waals surface area (Å²) in [4.78, 5) is 4.29. The van der Waals surface area contributed by atoms with Gasteiger partial charge in [-0.2, -0.15) is 0 Å². The van der Waals surface area contributed by atoms with Gasteiger partial charge in [-0.1, -0.05) is 0 Å². The van der Waals surface area contributed by atoms with Crippen LogP contribution in [-0.4, -0.2) is 23.8 Å². The van der Waals surface area contributed by atoms with Crippen LogP contribution in [0, 0.1) is 5.92 Å². The predicted molar refractivity (Wildman–Crippen MR) is 69.6 cm³/mol. The highest BCUT2D eigenvalue weighted by atomic mass is 32.2. The summed E-state index contributed by atoms with van der Waals surface area (Å²) in [5.41, 5.74) is 6.33. The number of nitrogens with two attached hydrogens (primary N) is 1. The molecular weight excluding hydrogens is 218 g/mol. The van der Waals surface area contributed by atoms with Crippen molar-refractivity contribution in [2.45, 2.75) is 24.3 Å². The zero-order valence-electron chi connectivity index (χ0n) is 9.48. The van der Waals surface area contributed by atoms with E-state index in [1.165, 1.54) is 38.1 Å². The lowest BCUT2D eigenvalue weighted by molar-refractivity contribution is 0.367. The third kappa shape index (κ3) is 3.68. The van der Waals surface area contributed by atoms with Gasteiger partial charge in [0.25, 0.3) is 0 Å². The standard InChI is InChI=1S/C12H19N3S/c13-11-1-2-12(15-9-11)16-8-5-10-3-6-14-7-4-10/h1-2,9-10,14H,3-8,13H2. The molecule has 0 atom stereocenters. The summed E-state index contributed by atoms with van der Waals surface area (Å²) in [6, 6.07) is 3.92. The zero-order chi connectivity index (χ0) is 11.2. The first-order valence-electron chi connectivity index (χ1n) is 5.89. The largest absolute Gasteiger partial charge is 0.397 e. The summed E-state index contributed by atoms with van der Waals surface area (Å²) >= 11 is 1.84. The van der Waals surface area contributed by atoms with Gasteiger partial charge in [-0.3, -0.25) is 0 Å². The Hall–Kier alpha value is -0.740. The molecule has 0 amide bonds. The maximum atomic E-state index is 5.59. The molecule has 2 heterocycles. The summed E-state index contributed by atoms with van der Waals surface area (Å²) in [6.45, 7) is 2.38. The van der Waals surface area contributed by atoms with Crippen molar-refractivity contribution < 1.29 is 0 Å². The topological polar surface area (TPSA) is 50.9 Å². The van der Waals surface area contributed by atoms with Gasteiger partial charge in [-0.05, 0) is 56.2 Å². The number of aromatic nitrogens is 1. The number of pyridine rings is 1. The SMILES string of the molecule is Nc1ccc(SCCC2CCNCC2)nc1. The Labute approximate surface area is 101 Å². The lowest BCUT2D eigenvalue weighted by Gasteiger charge is -2.22. The fourth-order valence-corrected chi connectivity index (χ4v) is 2.93. The van der Waals surface area contributed by atoms with Gasteiger partial charge in [0, 0.05) is 0 Å². The Balaban J connectivity index is 1.69. The quantitative estimate of drug-likeness (QED) is 0.788. The van der Waals surface area contributed by atoms with Crippen molar-refractivity contribution in [2.24, 2.45) is 5.92 Å². The first-order valence-corrected chi connectivity index (χ1v) is 6.88. The van der Waals surface area contributed by atoms with Gasteiger partial charge in [0.15, 0.2) is 0 Å². The monoisotopic (exact) mass is 237 g/mol. The van der Waals surface area contributed by atoms with Crippen molar-refractivity contribution in [2.75, 3.05) is 24.6 Å². The van der Waals surface area contributed by atoms with Crippen LogP contribution in [0.3, 0.4) is 0 Å². The van der Waals surface area contributed by atoms with E-state index < -0.39 is 0 Å². The van der Waals surface area contributed by atoms with E-state index in [4.69, 9.17) is 5.73 Å². The second-order valence-corrected chi connectivity index (χ2v) is 5.38. The number of nitrogens with zero attached hydrogens (tertiary/aromatic N) is 1. The van der Waals surface area contributed by atoms with Crippen LogP contribution in [0.4, 0.5) is 5.69 Å². The highest BCUT2D eigenvalue weighted by molar-refractivity contribution is 7.99. The molecule has 4 heteroatoms. The Bertz CT molecular complexity index is 307. The van der Waals surface area contributed by atoms with Gasteiger partial charge in [0.1, 0.15) is 0 Å². The maximum absolute atomic E-state index is 5.59. The number of hydrogen-bond acceptors (Lipinski definition) is 4. The molecule has 88 valence electrons. The van der Waals surface area contributed by atoms with Crippen LogP contribution in [0.15, 0.2) is 23.4 Å². The molecule has 16 heavy (non-hydrogen) atoms. The minimum absolute atomic E-state index is 0.739. The maximum Gasteiger partial charge on any atom is 0.0961 e. The van der Waals surface area contributed by atoms with E-state index in [2.05, 4.69) is 10.3 Å². The fourth-order valence-electron chi connectivity index (χ4n) is 1.98. The molecule has 1 aliphatic heterocycles. The van der Waals surface area contributed by atoms with Crippen molar-refractivity contribution in [3.63, 3.8) is 0 Å². The number of hydrogen-bond donors (Lipinski definition) is 2. The molecule has 0 aliphatic carbocycles. The van der Waals surface area contributed by atoms with Crippen molar-refractivity contribution >= 4 is 17.4 Å². The molecule has 1 aliphatic rings. The number of nitrogen functional groups attached to an aromatic ring is 1. The molecule has 1 aromatic rings. The number of nitrogens with one attached hydrogen (secondary N) is 1. The molecule has 0 spiro atoms. The lowest BCUT2D eigenvalue weighted by atomic mass is 9.96. The number of rotatable bonds is 4. The smallest absolute Gasteiger partial charge is 0.0961 e. The predicted octanol–water partition coefficient (Wildman–Crippen LogP) is 2.15. The molecule has 2 rings (SSSR count). The average molecular weight is 237 g/mol. The summed E-state index contributed by atoms with van der Waals surface area (Å²) in [5.74, 6) is 2.07. The van der Waals surface area contributed by atoms with E-state index in [9.17, 15) is 0 Å². The lowest BCUT2D eigenvalue weighted by Crippen LogP contribution is -2.27. The van der Waals surface area contributed by atoms with E-state index in [1.54, 1.807) is 6.20 Å². The van der Waals surface area contributed by atoms with Crippen LogP contribution in [0.2, 0.25) is 0 Å². The first kappa shape index (κ1) is 11.7. The van der Waals surface area contributed by atoms with Crippen LogP contribution in [0.25, 0.3) is 0 Å². The third-order valence-corrected chi connectivity index (χ3v) is 3.97. The van der Waals surface area contributed by atoms with E-state index in [1.807, 2.05) is 23.9 Å². The van der Waals surface area contributed by atoms with Crippen LogP contribution in [0.1, 0.15) is 19.3 Å². The molecule has 1 saturated heterocycles. The van der Waals surface area contributed by atoms with Gasteiger partial charge in [-0.25, -0.2) is 4.98 Å². The van der Waals surface area contributed by atoms with E-state index in [-0.39, 0.29) is 0 Å². The summed E-state index contributed by atoms with van der Waals surface area (Å²) < 4.78 is 0. The molecule has 0 unspecified atom stereocenters. The highest BCUT2D eigenvalue weighted by Crippen LogP contribution is 2.22. The summed E-state index contributed by atoms with van der Waals surface area (Å²) in [5, 5.41) is 4.48. The average Bonchev–Trinajstić information content (AvgIpc) is 2.33. The van der Waals surface area contributed by atoms with Gasteiger partial charge in [0.2, 0.25) is 0 Å². The van der Waals surface area contributed by atoms with Gasteiger partial charge >= 0.3 is 0 Å². The van der Waals surface area contributed by atoms with Crippen molar-refractivity contribution in [3.8, 4) is 0 Å². The molecule has 0 bridgehead atoms. The van der Waals surface area contributed by atoms with Crippen molar-refractivity contribution in [1.29, 1.82) is 0 Å². The summed E-state index contributed by atoms with van der Waals surface area (Å²) in [7, 11) is 0. The summed E-state index contributed by atoms with van der Waals surface area (Å²) in [6.07, 6.45) is 5.69. The van der Waals surface area contributed by atoms with Crippen molar-refractivity contribution in [1.82, 2.24) is 10.3 Å². The minimum atomic E-state index is 0.739. The molecular formula is C12H19N3S. The van der Waals surface area contributed by atoms with Crippen LogP contribution in [0.5, 0.6) is 0 Å². The number of piperidine rings is 1. The molecule has 1 fully saturated rings. The third-order valence-electron chi connectivity index (χ3n) is 2.99. The Morgan fingerprint density at radius 2 is 2.19 bits per heavy atom. The highest BCUT2D eigenvalue weighted by Gasteiger charge is 2.12.